The van der Waals surface area contributed by atoms with Gasteiger partial charge in [-0.15, -0.1) is 15.7 Å². The summed E-state index contributed by atoms with van der Waals surface area (Å²) in [5.41, 5.74) is 0.881. The number of hydrogen-bond donors (Lipinski definition) is 0. The van der Waals surface area contributed by atoms with Crippen LogP contribution in [-0.2, 0) is 14.8 Å². The lowest BCUT2D eigenvalue weighted by Crippen LogP contribution is -2.29. The summed E-state index contributed by atoms with van der Waals surface area (Å²) in [7, 11) is -3.80. The van der Waals surface area contributed by atoms with Crippen molar-refractivity contribution in [3.05, 3.63) is 58.3 Å². The average Bonchev–Trinajstić information content (AvgIpc) is 3.18. The molecule has 0 radical (unpaired) electrons. The zero-order chi connectivity index (χ0) is 17.2. The van der Waals surface area contributed by atoms with Crippen LogP contribution in [0, 0.1) is 0 Å². The summed E-state index contributed by atoms with van der Waals surface area (Å²) in [6.07, 6.45) is 1.75. The summed E-state index contributed by atoms with van der Waals surface area (Å²) in [6, 6.07) is 12.6. The maximum atomic E-state index is 12.5. The zero-order valence-corrected chi connectivity index (χ0v) is 15.2. The predicted molar refractivity (Wildman–Crippen MR) is 98.3 cm³/mol. The second kappa shape index (κ2) is 6.92. The molecule has 0 aliphatic carbocycles. The van der Waals surface area contributed by atoms with E-state index in [4.69, 9.17) is 0 Å². The number of thioether (sulfide) groups is 1. The van der Waals surface area contributed by atoms with Crippen LogP contribution in [0.4, 0.5) is 0 Å². The minimum atomic E-state index is -3.80. The summed E-state index contributed by atoms with van der Waals surface area (Å²) < 4.78 is 28.7. The van der Waals surface area contributed by atoms with Gasteiger partial charge in [-0.05, 0) is 41.8 Å². The largest absolute Gasteiger partial charge is 0.294 e. The Morgan fingerprint density at radius 2 is 1.92 bits per heavy atom. The van der Waals surface area contributed by atoms with Gasteiger partial charge in [0.05, 0.1) is 4.91 Å². The quantitative estimate of drug-likeness (QED) is 0.765. The predicted octanol–water partition coefficient (Wildman–Crippen LogP) is 3.43. The van der Waals surface area contributed by atoms with Crippen molar-refractivity contribution in [2.75, 3.05) is 6.54 Å². The lowest BCUT2D eigenvalue weighted by atomic mass is 10.2. The van der Waals surface area contributed by atoms with Crippen molar-refractivity contribution in [2.24, 2.45) is 4.40 Å². The normalized spacial score (nSPS) is 18.7. The van der Waals surface area contributed by atoms with Gasteiger partial charge in [-0.3, -0.25) is 9.69 Å². The van der Waals surface area contributed by atoms with Crippen molar-refractivity contribution >= 4 is 50.3 Å². The van der Waals surface area contributed by atoms with Crippen molar-refractivity contribution < 1.29 is 13.2 Å². The first-order valence-corrected chi connectivity index (χ1v) is 10.3. The number of carbonyl (C=O) groups is 1. The summed E-state index contributed by atoms with van der Waals surface area (Å²) in [4.78, 5) is 14.3. The number of carbonyl (C=O) groups excluding carboxylic acids is 1. The Morgan fingerprint density at radius 3 is 2.54 bits per heavy atom. The van der Waals surface area contributed by atoms with Gasteiger partial charge < -0.3 is 0 Å². The van der Waals surface area contributed by atoms with Crippen LogP contribution in [0.3, 0.4) is 0 Å². The molecule has 2 heterocycles. The fourth-order valence-electron chi connectivity index (χ4n) is 2.11. The molecular formula is C16H14N2O3S3. The number of rotatable bonds is 4. The summed E-state index contributed by atoms with van der Waals surface area (Å²) >= 11 is 2.19. The molecule has 0 bridgehead atoms. The van der Waals surface area contributed by atoms with Crippen molar-refractivity contribution in [3.63, 3.8) is 0 Å². The third-order valence-electron chi connectivity index (χ3n) is 3.25. The van der Waals surface area contributed by atoms with Gasteiger partial charge in [0.2, 0.25) is 0 Å². The van der Waals surface area contributed by atoms with Crippen LogP contribution in [0.2, 0.25) is 0 Å². The molecular weight excluding hydrogens is 364 g/mol. The molecule has 3 rings (SSSR count). The van der Waals surface area contributed by atoms with E-state index in [2.05, 4.69) is 4.40 Å². The maximum Gasteiger partial charge on any atom is 0.294 e. The molecule has 1 aromatic carbocycles. The highest BCUT2D eigenvalue weighted by atomic mass is 32.2. The van der Waals surface area contributed by atoms with E-state index in [1.807, 2.05) is 30.3 Å². The number of likely N-dealkylation sites (N-methyl/N-ethyl adjacent to an activating group) is 1. The first-order chi connectivity index (χ1) is 11.5. The second-order valence-corrected chi connectivity index (χ2v) is 8.64. The molecule has 1 aliphatic rings. The number of nitrogens with zero attached hydrogens (tertiary/aromatic N) is 2. The molecule has 1 aromatic heterocycles. The van der Waals surface area contributed by atoms with Crippen LogP contribution in [0.1, 0.15) is 12.5 Å². The smallest absolute Gasteiger partial charge is 0.286 e. The molecule has 0 spiro atoms. The van der Waals surface area contributed by atoms with Crippen LogP contribution < -0.4 is 0 Å². The highest BCUT2D eigenvalue weighted by Crippen LogP contribution is 2.33. The number of thiophene rings is 1. The minimum Gasteiger partial charge on any atom is -0.286 e. The Bertz CT molecular complexity index is 901. The van der Waals surface area contributed by atoms with Crippen molar-refractivity contribution in [1.29, 1.82) is 0 Å². The van der Waals surface area contributed by atoms with E-state index in [0.29, 0.717) is 11.4 Å². The van der Waals surface area contributed by atoms with Gasteiger partial charge in [-0.2, -0.15) is 8.42 Å². The highest BCUT2D eigenvalue weighted by molar-refractivity contribution is 8.19. The SMILES string of the molecule is CCN1C(=O)C(=Cc2ccccc2)SC1=NS(=O)(=O)c1cccs1. The Kier molecular flexibility index (Phi) is 4.88. The summed E-state index contributed by atoms with van der Waals surface area (Å²) in [5.74, 6) is -0.230. The fraction of sp³-hybridized carbons (Fsp3) is 0.125. The van der Waals surface area contributed by atoms with E-state index in [0.717, 1.165) is 28.7 Å². The van der Waals surface area contributed by atoms with E-state index in [-0.39, 0.29) is 15.3 Å². The van der Waals surface area contributed by atoms with Gasteiger partial charge >= 0.3 is 0 Å². The molecule has 1 aliphatic heterocycles. The van der Waals surface area contributed by atoms with E-state index in [1.54, 1.807) is 24.4 Å². The van der Waals surface area contributed by atoms with Crippen LogP contribution >= 0.6 is 23.1 Å². The van der Waals surface area contributed by atoms with Crippen LogP contribution in [0.15, 0.2) is 61.4 Å². The van der Waals surface area contributed by atoms with Gasteiger partial charge in [0.25, 0.3) is 15.9 Å². The summed E-state index contributed by atoms with van der Waals surface area (Å²) in [6.45, 7) is 2.15. The standard InChI is InChI=1S/C16H14N2O3S3/c1-2-18-15(19)13(11-12-7-4-3-5-8-12)23-16(18)17-24(20,21)14-9-6-10-22-14/h3-11H,2H2,1H3. The van der Waals surface area contributed by atoms with Crippen LogP contribution in [0.25, 0.3) is 6.08 Å². The molecule has 0 atom stereocenters. The van der Waals surface area contributed by atoms with Crippen LogP contribution in [-0.4, -0.2) is 30.9 Å². The Morgan fingerprint density at radius 1 is 1.17 bits per heavy atom. The molecule has 124 valence electrons. The Hall–Kier alpha value is -1.90. The molecule has 0 unspecified atom stereocenters. The van der Waals surface area contributed by atoms with E-state index >= 15 is 0 Å². The van der Waals surface area contributed by atoms with Gasteiger partial charge in [-0.25, -0.2) is 0 Å². The average molecular weight is 379 g/mol. The van der Waals surface area contributed by atoms with E-state index in [9.17, 15) is 13.2 Å². The third-order valence-corrected chi connectivity index (χ3v) is 7.01. The molecule has 0 saturated carbocycles. The van der Waals surface area contributed by atoms with E-state index in [1.165, 1.54) is 11.0 Å². The van der Waals surface area contributed by atoms with Crippen molar-refractivity contribution in [2.45, 2.75) is 11.1 Å². The molecule has 1 fully saturated rings. The first kappa shape index (κ1) is 16.9. The van der Waals surface area contributed by atoms with Gasteiger partial charge in [-0.1, -0.05) is 36.4 Å². The highest BCUT2D eigenvalue weighted by Gasteiger charge is 2.34. The number of sulfonamides is 1. The molecule has 24 heavy (non-hydrogen) atoms. The lowest BCUT2D eigenvalue weighted by Gasteiger charge is -2.11. The van der Waals surface area contributed by atoms with Gasteiger partial charge in [0.15, 0.2) is 5.17 Å². The van der Waals surface area contributed by atoms with Crippen molar-refractivity contribution in [1.82, 2.24) is 4.90 Å². The minimum absolute atomic E-state index is 0.166. The van der Waals surface area contributed by atoms with Crippen LogP contribution in [0.5, 0.6) is 0 Å². The monoisotopic (exact) mass is 378 g/mol. The Labute approximate surface area is 148 Å². The maximum absolute atomic E-state index is 12.5. The third kappa shape index (κ3) is 3.45. The van der Waals surface area contributed by atoms with Gasteiger partial charge in [0, 0.05) is 6.54 Å². The van der Waals surface area contributed by atoms with Crippen molar-refractivity contribution in [3.8, 4) is 0 Å². The zero-order valence-electron chi connectivity index (χ0n) is 12.7. The molecule has 1 saturated heterocycles. The molecule has 1 amide bonds. The lowest BCUT2D eigenvalue weighted by molar-refractivity contribution is -0.122. The number of amides is 1. The number of hydrogen-bond acceptors (Lipinski definition) is 5. The fourth-order valence-corrected chi connectivity index (χ4v) is 5.33. The Balaban J connectivity index is 1.96. The first-order valence-electron chi connectivity index (χ1n) is 7.16. The number of benzene rings is 1. The molecule has 2 aromatic rings. The van der Waals surface area contributed by atoms with E-state index < -0.39 is 10.0 Å². The second-order valence-electron chi connectivity index (χ2n) is 4.85. The van der Waals surface area contributed by atoms with Gasteiger partial charge in [0.1, 0.15) is 4.21 Å². The topological polar surface area (TPSA) is 66.8 Å². The number of amidine groups is 1. The molecule has 5 nitrogen and oxygen atoms in total. The summed E-state index contributed by atoms with van der Waals surface area (Å²) in [5, 5.41) is 1.87. The molecule has 0 N–H and O–H groups in total. The molecule has 8 heteroatoms.